The molecular weight excluding hydrogens is 199 g/mol. The Bertz CT molecular complexity index is 148. The Balaban J connectivity index is 3.99. The van der Waals surface area contributed by atoms with Gasteiger partial charge in [-0.25, -0.2) is 0 Å². The van der Waals surface area contributed by atoms with E-state index in [0.717, 1.165) is 0 Å². The zero-order valence-electron chi connectivity index (χ0n) is 7.56. The standard InChI is InChI=1S/C8H14Cl2O2/c1-8(2,3)7(11)12-6(4-9)5-10/h6H,4-5H2,1-3H3. The van der Waals surface area contributed by atoms with Crippen molar-refractivity contribution in [2.75, 3.05) is 11.8 Å². The first-order valence-electron chi connectivity index (χ1n) is 3.74. The van der Waals surface area contributed by atoms with Gasteiger partial charge in [-0.2, -0.15) is 0 Å². The summed E-state index contributed by atoms with van der Waals surface area (Å²) >= 11 is 11.0. The zero-order valence-corrected chi connectivity index (χ0v) is 9.08. The highest BCUT2D eigenvalue weighted by molar-refractivity contribution is 6.21. The van der Waals surface area contributed by atoms with E-state index < -0.39 is 5.41 Å². The molecule has 0 aliphatic carbocycles. The van der Waals surface area contributed by atoms with E-state index in [-0.39, 0.29) is 23.8 Å². The van der Waals surface area contributed by atoms with Crippen LogP contribution in [0.5, 0.6) is 0 Å². The first-order valence-corrected chi connectivity index (χ1v) is 4.81. The van der Waals surface area contributed by atoms with Gasteiger partial charge in [0, 0.05) is 0 Å². The summed E-state index contributed by atoms with van der Waals surface area (Å²) in [5.41, 5.74) is -0.490. The van der Waals surface area contributed by atoms with Crippen molar-refractivity contribution in [3.63, 3.8) is 0 Å². The fourth-order valence-electron chi connectivity index (χ4n) is 0.432. The maximum atomic E-state index is 11.3. The second-order valence-corrected chi connectivity index (χ2v) is 4.20. The largest absolute Gasteiger partial charge is 0.459 e. The van der Waals surface area contributed by atoms with Crippen molar-refractivity contribution < 1.29 is 9.53 Å². The van der Waals surface area contributed by atoms with Crippen LogP contribution in [-0.2, 0) is 9.53 Å². The first kappa shape index (κ1) is 12.0. The van der Waals surface area contributed by atoms with Crippen LogP contribution in [0.25, 0.3) is 0 Å². The van der Waals surface area contributed by atoms with Gasteiger partial charge < -0.3 is 4.74 Å². The summed E-state index contributed by atoms with van der Waals surface area (Å²) in [4.78, 5) is 11.3. The Morgan fingerprint density at radius 3 is 2.00 bits per heavy atom. The van der Waals surface area contributed by atoms with Crippen molar-refractivity contribution in [3.8, 4) is 0 Å². The van der Waals surface area contributed by atoms with Crippen LogP contribution >= 0.6 is 23.2 Å². The van der Waals surface area contributed by atoms with Crippen LogP contribution in [-0.4, -0.2) is 23.8 Å². The Morgan fingerprint density at radius 1 is 1.33 bits per heavy atom. The first-order chi connectivity index (χ1) is 5.41. The molecule has 0 aromatic rings. The molecule has 0 unspecified atom stereocenters. The molecule has 0 saturated carbocycles. The fraction of sp³-hybridized carbons (Fsp3) is 0.875. The lowest BCUT2D eigenvalue weighted by molar-refractivity contribution is -0.156. The Kier molecular flexibility index (Phi) is 4.95. The molecule has 0 rings (SSSR count). The van der Waals surface area contributed by atoms with Gasteiger partial charge in [-0.15, -0.1) is 23.2 Å². The molecule has 0 fully saturated rings. The van der Waals surface area contributed by atoms with E-state index in [2.05, 4.69) is 0 Å². The molecule has 0 saturated heterocycles. The highest BCUT2D eigenvalue weighted by Crippen LogP contribution is 2.16. The van der Waals surface area contributed by atoms with E-state index in [0.29, 0.717) is 0 Å². The zero-order chi connectivity index (χ0) is 9.78. The molecule has 0 spiro atoms. The number of esters is 1. The molecule has 0 aliphatic rings. The number of hydrogen-bond acceptors (Lipinski definition) is 2. The molecule has 0 aliphatic heterocycles. The summed E-state index contributed by atoms with van der Waals surface area (Å²) in [5.74, 6) is 0.213. The van der Waals surface area contributed by atoms with Crippen molar-refractivity contribution in [3.05, 3.63) is 0 Å². The maximum Gasteiger partial charge on any atom is 0.311 e. The van der Waals surface area contributed by atoms with Crippen molar-refractivity contribution in [2.24, 2.45) is 5.41 Å². The second-order valence-electron chi connectivity index (χ2n) is 3.59. The van der Waals surface area contributed by atoms with Gasteiger partial charge in [-0.1, -0.05) is 0 Å². The van der Waals surface area contributed by atoms with Gasteiger partial charge in [0.1, 0.15) is 6.10 Å². The highest BCUT2D eigenvalue weighted by atomic mass is 35.5. The summed E-state index contributed by atoms with van der Waals surface area (Å²) in [6.07, 6.45) is -0.375. The minimum Gasteiger partial charge on any atom is -0.459 e. The summed E-state index contributed by atoms with van der Waals surface area (Å²) in [7, 11) is 0. The molecule has 0 atom stereocenters. The number of hydrogen-bond donors (Lipinski definition) is 0. The van der Waals surface area contributed by atoms with E-state index in [1.807, 2.05) is 0 Å². The van der Waals surface area contributed by atoms with Crippen LogP contribution in [0.1, 0.15) is 20.8 Å². The molecule has 0 radical (unpaired) electrons. The molecule has 0 bridgehead atoms. The van der Waals surface area contributed by atoms with Crippen LogP contribution in [0.2, 0.25) is 0 Å². The maximum absolute atomic E-state index is 11.3. The molecule has 0 aromatic heterocycles. The normalized spacial score (nSPS) is 11.8. The van der Waals surface area contributed by atoms with Gasteiger partial charge >= 0.3 is 5.97 Å². The van der Waals surface area contributed by atoms with E-state index >= 15 is 0 Å². The van der Waals surface area contributed by atoms with Gasteiger partial charge in [0.05, 0.1) is 17.2 Å². The summed E-state index contributed by atoms with van der Waals surface area (Å²) in [6.45, 7) is 5.36. The lowest BCUT2D eigenvalue weighted by atomic mass is 9.97. The van der Waals surface area contributed by atoms with Crippen LogP contribution in [0, 0.1) is 5.41 Å². The Morgan fingerprint density at radius 2 is 1.75 bits per heavy atom. The predicted octanol–water partition coefficient (Wildman–Crippen LogP) is 2.42. The van der Waals surface area contributed by atoms with Gasteiger partial charge in [0.25, 0.3) is 0 Å². The number of ether oxygens (including phenoxy) is 1. The Labute approximate surface area is 83.2 Å². The van der Waals surface area contributed by atoms with E-state index in [1.165, 1.54) is 0 Å². The third-order valence-corrected chi connectivity index (χ3v) is 1.92. The molecule has 0 heterocycles. The third-order valence-electron chi connectivity index (χ3n) is 1.23. The molecular formula is C8H14Cl2O2. The number of halogens is 2. The van der Waals surface area contributed by atoms with Crippen LogP contribution in [0.3, 0.4) is 0 Å². The van der Waals surface area contributed by atoms with Crippen LogP contribution in [0.15, 0.2) is 0 Å². The molecule has 0 aromatic carbocycles. The number of carbonyl (C=O) groups excluding carboxylic acids is 1. The minimum absolute atomic E-state index is 0.241. The van der Waals surface area contributed by atoms with Crippen molar-refractivity contribution in [1.82, 2.24) is 0 Å². The topological polar surface area (TPSA) is 26.3 Å². The molecule has 2 nitrogen and oxygen atoms in total. The van der Waals surface area contributed by atoms with Crippen molar-refractivity contribution >= 4 is 29.2 Å². The van der Waals surface area contributed by atoms with Crippen LogP contribution < -0.4 is 0 Å². The minimum atomic E-state index is -0.490. The van der Waals surface area contributed by atoms with E-state index in [4.69, 9.17) is 27.9 Å². The summed E-state index contributed by atoms with van der Waals surface area (Å²) < 4.78 is 5.01. The monoisotopic (exact) mass is 212 g/mol. The Hall–Kier alpha value is 0.0500. The lowest BCUT2D eigenvalue weighted by Crippen LogP contribution is -2.30. The highest BCUT2D eigenvalue weighted by Gasteiger charge is 2.25. The quantitative estimate of drug-likeness (QED) is 0.531. The second kappa shape index (κ2) is 4.93. The lowest BCUT2D eigenvalue weighted by Gasteiger charge is -2.20. The molecule has 72 valence electrons. The van der Waals surface area contributed by atoms with Gasteiger partial charge in [0.2, 0.25) is 0 Å². The smallest absolute Gasteiger partial charge is 0.311 e. The average molecular weight is 213 g/mol. The van der Waals surface area contributed by atoms with Crippen molar-refractivity contribution in [1.29, 1.82) is 0 Å². The predicted molar refractivity (Wildman–Crippen MR) is 50.8 cm³/mol. The number of rotatable bonds is 3. The number of carbonyl (C=O) groups is 1. The number of alkyl halides is 2. The third kappa shape index (κ3) is 4.17. The molecule has 12 heavy (non-hydrogen) atoms. The summed E-state index contributed by atoms with van der Waals surface area (Å²) in [5, 5.41) is 0. The van der Waals surface area contributed by atoms with Gasteiger partial charge in [0.15, 0.2) is 0 Å². The fourth-order valence-corrected chi connectivity index (χ4v) is 0.888. The molecule has 0 amide bonds. The SMILES string of the molecule is CC(C)(C)C(=O)OC(CCl)CCl. The summed E-state index contributed by atoms with van der Waals surface area (Å²) in [6, 6.07) is 0. The average Bonchev–Trinajstić information content (AvgIpc) is 1.97. The van der Waals surface area contributed by atoms with Gasteiger partial charge in [-0.05, 0) is 20.8 Å². The van der Waals surface area contributed by atoms with Crippen molar-refractivity contribution in [2.45, 2.75) is 26.9 Å². The van der Waals surface area contributed by atoms with Gasteiger partial charge in [-0.3, -0.25) is 4.79 Å². The van der Waals surface area contributed by atoms with Crippen LogP contribution in [0.4, 0.5) is 0 Å². The molecule has 0 N–H and O–H groups in total. The molecule has 4 heteroatoms. The van der Waals surface area contributed by atoms with E-state index in [9.17, 15) is 4.79 Å². The van der Waals surface area contributed by atoms with E-state index in [1.54, 1.807) is 20.8 Å².